The number of benzene rings is 2. The summed E-state index contributed by atoms with van der Waals surface area (Å²) in [6.07, 6.45) is 0. The smallest absolute Gasteiger partial charge is 0.322 e. The lowest BCUT2D eigenvalue weighted by Crippen LogP contribution is -2.19. The predicted octanol–water partition coefficient (Wildman–Crippen LogP) is 5.26. The fourth-order valence-corrected chi connectivity index (χ4v) is 3.47. The second kappa shape index (κ2) is 7.84. The number of thiophene rings is 1. The van der Waals surface area contributed by atoms with Crippen molar-refractivity contribution in [1.29, 1.82) is 0 Å². The molecule has 3 aromatic rings. The first-order chi connectivity index (χ1) is 12.5. The molecule has 0 fully saturated rings. The summed E-state index contributed by atoms with van der Waals surface area (Å²) in [7, 11) is 0. The molecule has 132 valence electrons. The van der Waals surface area contributed by atoms with E-state index < -0.39 is 0 Å². The Hall–Kier alpha value is -3.12. The van der Waals surface area contributed by atoms with Crippen molar-refractivity contribution < 1.29 is 9.59 Å². The van der Waals surface area contributed by atoms with Gasteiger partial charge in [-0.1, -0.05) is 24.3 Å². The monoisotopic (exact) mass is 365 g/mol. The van der Waals surface area contributed by atoms with Gasteiger partial charge in [0.05, 0.1) is 5.56 Å². The van der Waals surface area contributed by atoms with Crippen LogP contribution in [-0.2, 0) is 0 Å². The number of carbonyl (C=O) groups is 2. The maximum absolute atomic E-state index is 12.4. The second-order valence-corrected chi connectivity index (χ2v) is 7.27. The molecule has 0 spiro atoms. The topological polar surface area (TPSA) is 70.2 Å². The van der Waals surface area contributed by atoms with Crippen molar-refractivity contribution in [1.82, 2.24) is 0 Å². The standard InChI is InChI=1S/C20H19N3O2S/c1-13-11-18(14(2)26-13)19(24)21-16-9-6-10-17(12-16)23-20(25)22-15-7-4-3-5-8-15/h3-12H,1-2H3,(H,21,24)(H2,22,23,25). The molecule has 0 bridgehead atoms. The van der Waals surface area contributed by atoms with Crippen LogP contribution in [-0.4, -0.2) is 11.9 Å². The van der Waals surface area contributed by atoms with E-state index in [0.29, 0.717) is 22.6 Å². The summed E-state index contributed by atoms with van der Waals surface area (Å²) in [6, 6.07) is 17.8. The molecule has 26 heavy (non-hydrogen) atoms. The number of nitrogens with one attached hydrogen (secondary N) is 3. The van der Waals surface area contributed by atoms with E-state index in [0.717, 1.165) is 9.75 Å². The molecule has 0 aliphatic heterocycles. The lowest BCUT2D eigenvalue weighted by molar-refractivity contribution is 0.102. The van der Waals surface area contributed by atoms with Crippen LogP contribution in [0.1, 0.15) is 20.1 Å². The fourth-order valence-electron chi connectivity index (χ4n) is 2.54. The number of hydrogen-bond acceptors (Lipinski definition) is 3. The van der Waals surface area contributed by atoms with Gasteiger partial charge in [0.2, 0.25) is 0 Å². The van der Waals surface area contributed by atoms with E-state index in [-0.39, 0.29) is 11.9 Å². The molecule has 3 amide bonds. The Morgan fingerprint density at radius 3 is 2.04 bits per heavy atom. The molecule has 1 heterocycles. The third-order valence-electron chi connectivity index (χ3n) is 3.70. The highest BCUT2D eigenvalue weighted by molar-refractivity contribution is 7.12. The van der Waals surface area contributed by atoms with Crippen molar-refractivity contribution in [3.05, 3.63) is 76.0 Å². The van der Waals surface area contributed by atoms with Crippen LogP contribution in [0.3, 0.4) is 0 Å². The second-order valence-electron chi connectivity index (χ2n) is 5.81. The third-order valence-corrected chi connectivity index (χ3v) is 4.66. The van der Waals surface area contributed by atoms with Crippen LogP contribution in [0.4, 0.5) is 21.9 Å². The van der Waals surface area contributed by atoms with Crippen LogP contribution in [0, 0.1) is 13.8 Å². The predicted molar refractivity (Wildman–Crippen MR) is 107 cm³/mol. The van der Waals surface area contributed by atoms with Gasteiger partial charge in [0.1, 0.15) is 0 Å². The van der Waals surface area contributed by atoms with E-state index in [1.807, 2.05) is 38.1 Å². The van der Waals surface area contributed by atoms with Gasteiger partial charge >= 0.3 is 6.03 Å². The van der Waals surface area contributed by atoms with Gasteiger partial charge in [-0.05, 0) is 50.2 Å². The van der Waals surface area contributed by atoms with Crippen molar-refractivity contribution in [2.24, 2.45) is 0 Å². The maximum atomic E-state index is 12.4. The quantitative estimate of drug-likeness (QED) is 0.590. The Bertz CT molecular complexity index is 935. The van der Waals surface area contributed by atoms with Crippen molar-refractivity contribution in [2.75, 3.05) is 16.0 Å². The average Bonchev–Trinajstić information content (AvgIpc) is 2.94. The van der Waals surface area contributed by atoms with Crippen LogP contribution in [0.5, 0.6) is 0 Å². The van der Waals surface area contributed by atoms with E-state index in [1.54, 1.807) is 47.7 Å². The Kier molecular flexibility index (Phi) is 5.34. The molecule has 0 saturated carbocycles. The summed E-state index contributed by atoms with van der Waals surface area (Å²) in [6.45, 7) is 3.91. The maximum Gasteiger partial charge on any atom is 0.323 e. The van der Waals surface area contributed by atoms with Gasteiger partial charge in [0.25, 0.3) is 5.91 Å². The van der Waals surface area contributed by atoms with Crippen molar-refractivity contribution in [2.45, 2.75) is 13.8 Å². The Morgan fingerprint density at radius 2 is 1.38 bits per heavy atom. The van der Waals surface area contributed by atoms with E-state index >= 15 is 0 Å². The first-order valence-electron chi connectivity index (χ1n) is 8.13. The number of urea groups is 1. The van der Waals surface area contributed by atoms with E-state index in [4.69, 9.17) is 0 Å². The summed E-state index contributed by atoms with van der Waals surface area (Å²) in [4.78, 5) is 26.6. The lowest BCUT2D eigenvalue weighted by Gasteiger charge is -2.10. The molecule has 2 aromatic carbocycles. The molecule has 0 saturated heterocycles. The molecule has 3 rings (SSSR count). The zero-order valence-corrected chi connectivity index (χ0v) is 15.3. The zero-order valence-electron chi connectivity index (χ0n) is 14.5. The summed E-state index contributed by atoms with van der Waals surface area (Å²) in [5.41, 5.74) is 2.59. The molecule has 0 unspecified atom stereocenters. The van der Waals surface area contributed by atoms with Gasteiger partial charge in [0, 0.05) is 26.8 Å². The molecule has 1 aromatic heterocycles. The number of carbonyl (C=O) groups excluding carboxylic acids is 2. The number of rotatable bonds is 4. The summed E-state index contributed by atoms with van der Waals surface area (Å²) >= 11 is 1.59. The van der Waals surface area contributed by atoms with E-state index in [9.17, 15) is 9.59 Å². The van der Waals surface area contributed by atoms with Crippen LogP contribution < -0.4 is 16.0 Å². The Morgan fingerprint density at radius 1 is 0.769 bits per heavy atom. The van der Waals surface area contributed by atoms with Crippen LogP contribution in [0.15, 0.2) is 60.7 Å². The number of aryl methyl sites for hydroxylation is 2. The van der Waals surface area contributed by atoms with E-state index in [1.165, 1.54) is 0 Å². The average molecular weight is 365 g/mol. The number of anilines is 3. The minimum atomic E-state index is -0.344. The first-order valence-corrected chi connectivity index (χ1v) is 8.94. The molecule has 0 aliphatic carbocycles. The Balaban J connectivity index is 1.65. The minimum absolute atomic E-state index is 0.155. The van der Waals surface area contributed by atoms with Crippen LogP contribution in [0.25, 0.3) is 0 Å². The molecule has 5 nitrogen and oxygen atoms in total. The fraction of sp³-hybridized carbons (Fsp3) is 0.100. The van der Waals surface area contributed by atoms with Crippen LogP contribution >= 0.6 is 11.3 Å². The van der Waals surface area contributed by atoms with Gasteiger partial charge in [-0.15, -0.1) is 11.3 Å². The molecule has 0 radical (unpaired) electrons. The van der Waals surface area contributed by atoms with Crippen molar-refractivity contribution in [3.63, 3.8) is 0 Å². The third kappa shape index (κ3) is 4.49. The number of para-hydroxylation sites is 1. The largest absolute Gasteiger partial charge is 0.323 e. The molecule has 0 aliphatic rings. The van der Waals surface area contributed by atoms with Crippen molar-refractivity contribution >= 4 is 40.3 Å². The van der Waals surface area contributed by atoms with Gasteiger partial charge in [-0.3, -0.25) is 4.79 Å². The number of hydrogen-bond donors (Lipinski definition) is 3. The van der Waals surface area contributed by atoms with Gasteiger partial charge in [0.15, 0.2) is 0 Å². The van der Waals surface area contributed by atoms with Crippen LogP contribution in [0.2, 0.25) is 0 Å². The Labute approximate surface area is 156 Å². The zero-order chi connectivity index (χ0) is 18.5. The summed E-state index contributed by atoms with van der Waals surface area (Å²) in [5, 5.41) is 8.38. The highest BCUT2D eigenvalue weighted by atomic mass is 32.1. The lowest BCUT2D eigenvalue weighted by atomic mass is 10.2. The highest BCUT2D eigenvalue weighted by Crippen LogP contribution is 2.22. The van der Waals surface area contributed by atoms with Crippen molar-refractivity contribution in [3.8, 4) is 0 Å². The van der Waals surface area contributed by atoms with Gasteiger partial charge in [-0.25, -0.2) is 4.79 Å². The molecule has 6 heteroatoms. The van der Waals surface area contributed by atoms with Gasteiger partial charge < -0.3 is 16.0 Å². The SMILES string of the molecule is Cc1cc(C(=O)Nc2cccc(NC(=O)Nc3ccccc3)c2)c(C)s1. The molecular weight excluding hydrogens is 346 g/mol. The molecular formula is C20H19N3O2S. The van der Waals surface area contributed by atoms with E-state index in [2.05, 4.69) is 16.0 Å². The minimum Gasteiger partial charge on any atom is -0.322 e. The molecule has 3 N–H and O–H groups in total. The number of amides is 3. The first kappa shape index (κ1) is 17.7. The van der Waals surface area contributed by atoms with Gasteiger partial charge in [-0.2, -0.15) is 0 Å². The summed E-state index contributed by atoms with van der Waals surface area (Å²) in [5.74, 6) is -0.155. The summed E-state index contributed by atoms with van der Waals surface area (Å²) < 4.78 is 0. The highest BCUT2D eigenvalue weighted by Gasteiger charge is 2.12. The normalized spacial score (nSPS) is 10.2. The molecule has 0 atom stereocenters.